The van der Waals surface area contributed by atoms with Crippen molar-refractivity contribution in [3.8, 4) is 0 Å². The Hall–Kier alpha value is -1.28. The first-order valence-electron chi connectivity index (χ1n) is 6.24. The zero-order valence-electron chi connectivity index (χ0n) is 10.7. The van der Waals surface area contributed by atoms with E-state index in [1.807, 2.05) is 30.3 Å². The first-order chi connectivity index (χ1) is 8.08. The maximum absolute atomic E-state index is 10.2. The summed E-state index contributed by atoms with van der Waals surface area (Å²) in [5.41, 5.74) is 0.846. The average Bonchev–Trinajstić information content (AvgIpc) is 2.70. The molecule has 0 aliphatic carbocycles. The van der Waals surface area contributed by atoms with Crippen molar-refractivity contribution in [2.45, 2.75) is 33.3 Å². The number of aliphatic hydroxyl groups excluding tert-OH is 1. The van der Waals surface area contributed by atoms with Gasteiger partial charge in [-0.1, -0.05) is 39.0 Å². The molecular weight excluding hydrogens is 212 g/mol. The van der Waals surface area contributed by atoms with Crippen LogP contribution in [0.4, 0.5) is 0 Å². The van der Waals surface area contributed by atoms with Gasteiger partial charge in [-0.15, -0.1) is 0 Å². The van der Waals surface area contributed by atoms with E-state index in [4.69, 9.17) is 4.42 Å². The third-order valence-corrected chi connectivity index (χ3v) is 3.12. The van der Waals surface area contributed by atoms with E-state index in [1.165, 1.54) is 0 Å². The average molecular weight is 232 g/mol. The predicted octanol–water partition coefficient (Wildman–Crippen LogP) is 4.15. The molecule has 0 amide bonds. The molecule has 0 fully saturated rings. The van der Waals surface area contributed by atoms with Crippen molar-refractivity contribution in [3.05, 3.63) is 36.1 Å². The van der Waals surface area contributed by atoms with Gasteiger partial charge in [-0.3, -0.25) is 0 Å². The summed E-state index contributed by atoms with van der Waals surface area (Å²) in [6.45, 7) is 6.40. The molecule has 2 aromatic rings. The first-order valence-corrected chi connectivity index (χ1v) is 6.24. The maximum atomic E-state index is 10.2. The fraction of sp³-hybridized carbons (Fsp3) is 0.467. The van der Waals surface area contributed by atoms with Crippen molar-refractivity contribution in [1.82, 2.24) is 0 Å². The fourth-order valence-corrected chi connectivity index (χ4v) is 2.30. The van der Waals surface area contributed by atoms with Gasteiger partial charge in [-0.05, 0) is 30.4 Å². The topological polar surface area (TPSA) is 33.4 Å². The van der Waals surface area contributed by atoms with E-state index in [9.17, 15) is 5.11 Å². The number of benzene rings is 1. The van der Waals surface area contributed by atoms with Crippen LogP contribution < -0.4 is 0 Å². The van der Waals surface area contributed by atoms with Crippen molar-refractivity contribution in [2.75, 3.05) is 0 Å². The van der Waals surface area contributed by atoms with Crippen LogP contribution in [-0.4, -0.2) is 5.11 Å². The van der Waals surface area contributed by atoms with Crippen molar-refractivity contribution in [3.63, 3.8) is 0 Å². The molecule has 2 rings (SSSR count). The Bertz CT molecular complexity index is 451. The second-order valence-electron chi connectivity index (χ2n) is 5.24. The van der Waals surface area contributed by atoms with Gasteiger partial charge in [0.2, 0.25) is 0 Å². The Morgan fingerprint density at radius 1 is 1.18 bits per heavy atom. The van der Waals surface area contributed by atoms with Gasteiger partial charge in [-0.2, -0.15) is 0 Å². The highest BCUT2D eigenvalue weighted by molar-refractivity contribution is 5.77. The maximum Gasteiger partial charge on any atom is 0.134 e. The largest absolute Gasteiger partial charge is 0.458 e. The monoisotopic (exact) mass is 232 g/mol. The molecule has 0 spiro atoms. The molecule has 1 aromatic carbocycles. The van der Waals surface area contributed by atoms with Gasteiger partial charge in [0.15, 0.2) is 0 Å². The molecule has 0 aliphatic rings. The van der Waals surface area contributed by atoms with Gasteiger partial charge in [0.05, 0.1) is 0 Å². The Morgan fingerprint density at radius 2 is 1.88 bits per heavy atom. The highest BCUT2D eigenvalue weighted by atomic mass is 16.4. The molecule has 2 heteroatoms. The van der Waals surface area contributed by atoms with Gasteiger partial charge in [0.1, 0.15) is 17.4 Å². The van der Waals surface area contributed by atoms with E-state index in [1.54, 1.807) is 0 Å². The number of hydrogen-bond acceptors (Lipinski definition) is 2. The molecule has 0 aliphatic heterocycles. The van der Waals surface area contributed by atoms with E-state index in [0.29, 0.717) is 11.7 Å². The highest BCUT2D eigenvalue weighted by Gasteiger charge is 2.20. The Morgan fingerprint density at radius 3 is 2.53 bits per heavy atom. The summed E-state index contributed by atoms with van der Waals surface area (Å²) < 4.78 is 5.68. The lowest BCUT2D eigenvalue weighted by Crippen LogP contribution is -2.10. The van der Waals surface area contributed by atoms with E-state index in [2.05, 4.69) is 20.8 Å². The zero-order valence-corrected chi connectivity index (χ0v) is 10.7. The molecule has 2 nitrogen and oxygen atoms in total. The number of furan rings is 1. The molecule has 0 radical (unpaired) electrons. The van der Waals surface area contributed by atoms with Gasteiger partial charge >= 0.3 is 0 Å². The molecular formula is C15H20O2. The number of para-hydroxylation sites is 1. The van der Waals surface area contributed by atoms with Crippen LogP contribution in [-0.2, 0) is 0 Å². The lowest BCUT2D eigenvalue weighted by molar-refractivity contribution is 0.0852. The number of rotatable bonds is 4. The van der Waals surface area contributed by atoms with Crippen LogP contribution in [0.5, 0.6) is 0 Å². The molecule has 1 heterocycles. The summed E-state index contributed by atoms with van der Waals surface area (Å²) in [5, 5.41) is 11.3. The lowest BCUT2D eigenvalue weighted by Gasteiger charge is -2.18. The van der Waals surface area contributed by atoms with Crippen LogP contribution >= 0.6 is 0 Å². The SMILES string of the molecule is CC(C)CC(C)C(O)c1cc2ccccc2o1. The minimum absolute atomic E-state index is 0.218. The summed E-state index contributed by atoms with van der Waals surface area (Å²) in [7, 11) is 0. The molecule has 0 bridgehead atoms. The molecule has 1 N–H and O–H groups in total. The second kappa shape index (κ2) is 4.92. The Labute approximate surface area is 102 Å². The normalized spacial score (nSPS) is 15.4. The van der Waals surface area contributed by atoms with Gasteiger partial charge in [-0.25, -0.2) is 0 Å². The molecule has 17 heavy (non-hydrogen) atoms. The van der Waals surface area contributed by atoms with Crippen LogP contribution in [0.1, 0.15) is 39.1 Å². The van der Waals surface area contributed by atoms with Crippen LogP contribution in [0.3, 0.4) is 0 Å². The summed E-state index contributed by atoms with van der Waals surface area (Å²) in [4.78, 5) is 0. The molecule has 2 unspecified atom stereocenters. The van der Waals surface area contributed by atoms with Crippen LogP contribution in [0.15, 0.2) is 34.7 Å². The summed E-state index contributed by atoms with van der Waals surface area (Å²) in [6.07, 6.45) is 0.489. The summed E-state index contributed by atoms with van der Waals surface area (Å²) in [5.74, 6) is 1.49. The van der Waals surface area contributed by atoms with E-state index in [-0.39, 0.29) is 5.92 Å². The van der Waals surface area contributed by atoms with Gasteiger partial charge in [0.25, 0.3) is 0 Å². The standard InChI is InChI=1S/C15H20O2/c1-10(2)8-11(3)15(16)14-9-12-6-4-5-7-13(12)17-14/h4-7,9-11,15-16H,8H2,1-3H3. The molecule has 0 saturated heterocycles. The van der Waals surface area contributed by atoms with Crippen molar-refractivity contribution >= 4 is 11.0 Å². The summed E-state index contributed by atoms with van der Waals surface area (Å²) >= 11 is 0. The zero-order chi connectivity index (χ0) is 12.4. The molecule has 2 atom stereocenters. The van der Waals surface area contributed by atoms with Gasteiger partial charge in [0, 0.05) is 5.39 Å². The summed E-state index contributed by atoms with van der Waals surface area (Å²) in [6, 6.07) is 9.79. The molecule has 92 valence electrons. The lowest BCUT2D eigenvalue weighted by atomic mass is 9.92. The minimum atomic E-state index is -0.509. The number of aliphatic hydroxyl groups is 1. The van der Waals surface area contributed by atoms with Crippen molar-refractivity contribution in [2.24, 2.45) is 11.8 Å². The van der Waals surface area contributed by atoms with Crippen LogP contribution in [0.2, 0.25) is 0 Å². The van der Waals surface area contributed by atoms with Crippen LogP contribution in [0.25, 0.3) is 11.0 Å². The highest BCUT2D eigenvalue weighted by Crippen LogP contribution is 2.30. The van der Waals surface area contributed by atoms with Crippen LogP contribution in [0, 0.1) is 11.8 Å². The second-order valence-corrected chi connectivity index (χ2v) is 5.24. The van der Waals surface area contributed by atoms with E-state index < -0.39 is 6.10 Å². The van der Waals surface area contributed by atoms with Crippen molar-refractivity contribution in [1.29, 1.82) is 0 Å². The van der Waals surface area contributed by atoms with E-state index >= 15 is 0 Å². The quantitative estimate of drug-likeness (QED) is 0.859. The smallest absolute Gasteiger partial charge is 0.134 e. The Kier molecular flexibility index (Phi) is 3.53. The van der Waals surface area contributed by atoms with E-state index in [0.717, 1.165) is 17.4 Å². The van der Waals surface area contributed by atoms with Gasteiger partial charge < -0.3 is 9.52 Å². The fourth-order valence-electron chi connectivity index (χ4n) is 2.30. The Balaban J connectivity index is 2.21. The third-order valence-electron chi connectivity index (χ3n) is 3.12. The molecule has 1 aromatic heterocycles. The predicted molar refractivity (Wildman–Crippen MR) is 69.8 cm³/mol. The first kappa shape index (κ1) is 12.2. The minimum Gasteiger partial charge on any atom is -0.458 e. The third kappa shape index (κ3) is 2.70. The number of fused-ring (bicyclic) bond motifs is 1. The number of hydrogen-bond donors (Lipinski definition) is 1. The molecule has 0 saturated carbocycles. The van der Waals surface area contributed by atoms with Crippen molar-refractivity contribution < 1.29 is 9.52 Å².